The predicted molar refractivity (Wildman–Crippen MR) is 97.1 cm³/mol. The van der Waals surface area contributed by atoms with Gasteiger partial charge in [0.15, 0.2) is 4.80 Å². The van der Waals surface area contributed by atoms with Crippen LogP contribution in [0.4, 0.5) is 0 Å². The molecule has 2 heterocycles. The molecule has 1 saturated heterocycles. The molecule has 1 amide bonds. The van der Waals surface area contributed by atoms with E-state index in [4.69, 9.17) is 4.74 Å². The molecule has 0 aliphatic carbocycles. The Bertz CT molecular complexity index is 975. The summed E-state index contributed by atoms with van der Waals surface area (Å²) in [5, 5.41) is 0. The van der Waals surface area contributed by atoms with Gasteiger partial charge in [-0.15, -0.1) is 0 Å². The van der Waals surface area contributed by atoms with Crippen LogP contribution in [0.2, 0.25) is 0 Å². The molecule has 1 aromatic carbocycles. The highest BCUT2D eigenvalue weighted by Crippen LogP contribution is 2.26. The second kappa shape index (κ2) is 6.89. The topological polar surface area (TPSA) is 81.0 Å². The van der Waals surface area contributed by atoms with Gasteiger partial charge in [0.25, 0.3) is 5.91 Å². The Hall–Kier alpha value is -1.71. The first-order chi connectivity index (χ1) is 11.8. The third kappa shape index (κ3) is 3.63. The molecule has 0 radical (unpaired) electrons. The molecule has 1 atom stereocenters. The Labute approximate surface area is 150 Å². The maximum atomic E-state index is 12.6. The van der Waals surface area contributed by atoms with E-state index in [1.807, 2.05) is 29.8 Å². The first kappa shape index (κ1) is 18.1. The van der Waals surface area contributed by atoms with Crippen LogP contribution in [0.5, 0.6) is 5.75 Å². The molecule has 0 bridgehead atoms. The van der Waals surface area contributed by atoms with Crippen LogP contribution in [0.25, 0.3) is 10.2 Å². The van der Waals surface area contributed by atoms with Crippen LogP contribution < -0.4 is 9.54 Å². The number of carbonyl (C=O) groups excluding carboxylic acids is 1. The molecule has 0 N–H and O–H groups in total. The van der Waals surface area contributed by atoms with Gasteiger partial charge in [-0.25, -0.2) is 12.7 Å². The van der Waals surface area contributed by atoms with Gasteiger partial charge in [0.05, 0.1) is 24.0 Å². The third-order valence-corrected chi connectivity index (χ3v) is 6.78. The summed E-state index contributed by atoms with van der Waals surface area (Å²) >= 11 is 1.42. The molecular formula is C16H21N3O4S2. The molecule has 136 valence electrons. The van der Waals surface area contributed by atoms with E-state index < -0.39 is 15.9 Å². The number of hydrogen-bond acceptors (Lipinski definition) is 5. The van der Waals surface area contributed by atoms with E-state index >= 15 is 0 Å². The van der Waals surface area contributed by atoms with Crippen molar-refractivity contribution in [2.45, 2.75) is 12.8 Å². The Morgan fingerprint density at radius 2 is 2.16 bits per heavy atom. The van der Waals surface area contributed by atoms with Crippen molar-refractivity contribution >= 4 is 37.5 Å². The lowest BCUT2D eigenvalue weighted by Gasteiger charge is -2.28. The van der Waals surface area contributed by atoms with Crippen molar-refractivity contribution in [3.05, 3.63) is 23.0 Å². The van der Waals surface area contributed by atoms with Gasteiger partial charge in [0.2, 0.25) is 10.0 Å². The number of aromatic nitrogens is 1. The molecule has 0 spiro atoms. The van der Waals surface area contributed by atoms with Gasteiger partial charge >= 0.3 is 0 Å². The number of carbonyl (C=O) groups is 1. The van der Waals surface area contributed by atoms with Gasteiger partial charge < -0.3 is 9.30 Å². The fourth-order valence-corrected chi connectivity index (χ4v) is 5.02. The van der Waals surface area contributed by atoms with Crippen molar-refractivity contribution in [3.63, 3.8) is 0 Å². The number of para-hydroxylation sites is 1. The van der Waals surface area contributed by atoms with E-state index in [1.165, 1.54) is 21.9 Å². The maximum absolute atomic E-state index is 12.6. The van der Waals surface area contributed by atoms with Gasteiger partial charge in [0, 0.05) is 20.1 Å². The Morgan fingerprint density at radius 1 is 1.40 bits per heavy atom. The minimum absolute atomic E-state index is 0.207. The maximum Gasteiger partial charge on any atom is 0.252 e. The summed E-state index contributed by atoms with van der Waals surface area (Å²) in [5.41, 5.74) is 0.892. The van der Waals surface area contributed by atoms with Crippen molar-refractivity contribution < 1.29 is 17.9 Å². The smallest absolute Gasteiger partial charge is 0.252 e. The van der Waals surface area contributed by atoms with E-state index in [0.717, 1.165) is 16.0 Å². The summed E-state index contributed by atoms with van der Waals surface area (Å²) in [4.78, 5) is 17.5. The number of amides is 1. The van der Waals surface area contributed by atoms with Crippen LogP contribution in [0.15, 0.2) is 23.2 Å². The number of methoxy groups -OCH3 is 1. The molecule has 25 heavy (non-hydrogen) atoms. The van der Waals surface area contributed by atoms with Crippen LogP contribution in [0.1, 0.15) is 12.8 Å². The third-order valence-electron chi connectivity index (χ3n) is 4.41. The van der Waals surface area contributed by atoms with Crippen LogP contribution in [0, 0.1) is 5.92 Å². The first-order valence-electron chi connectivity index (χ1n) is 7.97. The highest BCUT2D eigenvalue weighted by atomic mass is 32.2. The normalized spacial score (nSPS) is 20.1. The lowest BCUT2D eigenvalue weighted by molar-refractivity contribution is -0.122. The van der Waals surface area contributed by atoms with Crippen LogP contribution in [-0.2, 0) is 21.9 Å². The average Bonchev–Trinajstić information content (AvgIpc) is 2.90. The number of thiazole rings is 1. The molecule has 9 heteroatoms. The molecule has 1 unspecified atom stereocenters. The largest absolute Gasteiger partial charge is 0.495 e. The SMILES string of the molecule is COc1cccc2sc(=NC(=O)C3CCCN(S(C)(=O)=O)C3)n(C)c12. The number of rotatable bonds is 3. The zero-order chi connectivity index (χ0) is 18.2. The van der Waals surface area contributed by atoms with E-state index in [1.54, 1.807) is 7.11 Å². The molecule has 3 rings (SSSR count). The fourth-order valence-electron chi connectivity index (χ4n) is 3.07. The lowest BCUT2D eigenvalue weighted by atomic mass is 9.99. The van der Waals surface area contributed by atoms with Crippen molar-refractivity contribution in [2.75, 3.05) is 26.5 Å². The van der Waals surface area contributed by atoms with Crippen LogP contribution >= 0.6 is 11.3 Å². The standard InChI is InChI=1S/C16H21N3O4S2/c1-18-14-12(23-2)7-4-8-13(14)24-16(18)17-15(20)11-6-5-9-19(10-11)25(3,21)22/h4,7-8,11H,5-6,9-10H2,1-3H3. The molecule has 1 aliphatic rings. The highest BCUT2D eigenvalue weighted by molar-refractivity contribution is 7.88. The van der Waals surface area contributed by atoms with Crippen molar-refractivity contribution in [3.8, 4) is 5.75 Å². The van der Waals surface area contributed by atoms with Crippen LogP contribution in [-0.4, -0.2) is 49.7 Å². The van der Waals surface area contributed by atoms with Gasteiger partial charge in [-0.2, -0.15) is 4.99 Å². The highest BCUT2D eigenvalue weighted by Gasteiger charge is 2.30. The quantitative estimate of drug-likeness (QED) is 0.801. The number of aryl methyl sites for hydroxylation is 1. The number of benzene rings is 1. The molecule has 0 saturated carbocycles. The summed E-state index contributed by atoms with van der Waals surface area (Å²) in [6, 6.07) is 5.72. The zero-order valence-electron chi connectivity index (χ0n) is 14.4. The van der Waals surface area contributed by atoms with Gasteiger partial charge in [-0.3, -0.25) is 4.79 Å². The fraction of sp³-hybridized carbons (Fsp3) is 0.500. The molecule has 1 aliphatic heterocycles. The second-order valence-corrected chi connectivity index (χ2v) is 9.15. The summed E-state index contributed by atoms with van der Waals surface area (Å²) < 4.78 is 33.0. The molecule has 2 aromatic rings. The van der Waals surface area contributed by atoms with E-state index in [9.17, 15) is 13.2 Å². The number of piperidine rings is 1. The molecule has 7 nitrogen and oxygen atoms in total. The minimum Gasteiger partial charge on any atom is -0.495 e. The zero-order valence-corrected chi connectivity index (χ0v) is 16.1. The number of nitrogens with zero attached hydrogens (tertiary/aromatic N) is 3. The number of ether oxygens (including phenoxy) is 1. The summed E-state index contributed by atoms with van der Waals surface area (Å²) in [7, 11) is 0.169. The second-order valence-electron chi connectivity index (χ2n) is 6.16. The van der Waals surface area contributed by atoms with Gasteiger partial charge in [0.1, 0.15) is 11.3 Å². The van der Waals surface area contributed by atoms with E-state index in [2.05, 4.69) is 4.99 Å². The molecule has 1 aromatic heterocycles. The van der Waals surface area contributed by atoms with E-state index in [-0.39, 0.29) is 12.5 Å². The first-order valence-corrected chi connectivity index (χ1v) is 10.6. The van der Waals surface area contributed by atoms with Crippen molar-refractivity contribution in [2.24, 2.45) is 18.0 Å². The lowest BCUT2D eigenvalue weighted by Crippen LogP contribution is -2.41. The molecular weight excluding hydrogens is 362 g/mol. The number of sulfonamides is 1. The Morgan fingerprint density at radius 3 is 2.84 bits per heavy atom. The summed E-state index contributed by atoms with van der Waals surface area (Å²) in [6.07, 6.45) is 2.51. The Kier molecular flexibility index (Phi) is 4.99. The van der Waals surface area contributed by atoms with Gasteiger partial charge in [-0.1, -0.05) is 17.4 Å². The minimum atomic E-state index is -3.28. The average molecular weight is 383 g/mol. The van der Waals surface area contributed by atoms with Crippen LogP contribution in [0.3, 0.4) is 0 Å². The predicted octanol–water partition coefficient (Wildman–Crippen LogP) is 1.35. The monoisotopic (exact) mass is 383 g/mol. The van der Waals surface area contributed by atoms with E-state index in [0.29, 0.717) is 24.2 Å². The Balaban J connectivity index is 1.94. The summed E-state index contributed by atoms with van der Waals surface area (Å²) in [5.74, 6) is 0.0659. The van der Waals surface area contributed by atoms with Gasteiger partial charge in [-0.05, 0) is 25.0 Å². The van der Waals surface area contributed by atoms with Crippen molar-refractivity contribution in [1.29, 1.82) is 0 Å². The number of fused-ring (bicyclic) bond motifs is 1. The summed E-state index contributed by atoms with van der Waals surface area (Å²) in [6.45, 7) is 0.676. The molecule has 1 fully saturated rings. The number of hydrogen-bond donors (Lipinski definition) is 0. The van der Waals surface area contributed by atoms with Crippen molar-refractivity contribution in [1.82, 2.24) is 8.87 Å².